The van der Waals surface area contributed by atoms with E-state index in [0.29, 0.717) is 12.6 Å². The lowest BCUT2D eigenvalue weighted by Crippen LogP contribution is -2.37. The van der Waals surface area contributed by atoms with Crippen LogP contribution in [0.1, 0.15) is 17.7 Å². The minimum atomic E-state index is -0.382. The Bertz CT molecular complexity index is 646. The molecule has 0 aliphatic heterocycles. The number of hydrogen-bond acceptors (Lipinski definition) is 4. The van der Waals surface area contributed by atoms with E-state index in [4.69, 9.17) is 0 Å². The summed E-state index contributed by atoms with van der Waals surface area (Å²) < 4.78 is 1.35. The summed E-state index contributed by atoms with van der Waals surface area (Å²) in [5.41, 5.74) is -0.382. The number of thiophene rings is 1. The van der Waals surface area contributed by atoms with Gasteiger partial charge in [0.2, 0.25) is 5.91 Å². The van der Waals surface area contributed by atoms with Crippen molar-refractivity contribution in [3.8, 4) is 0 Å². The third-order valence-electron chi connectivity index (χ3n) is 3.30. The molecule has 0 unspecified atom stereocenters. The van der Waals surface area contributed by atoms with E-state index in [9.17, 15) is 9.59 Å². The molecule has 0 radical (unpaired) electrons. The van der Waals surface area contributed by atoms with Crippen LogP contribution in [0.2, 0.25) is 0 Å². The van der Waals surface area contributed by atoms with Gasteiger partial charge in [-0.05, 0) is 30.4 Å². The first-order valence-electron chi connectivity index (χ1n) is 6.57. The van der Waals surface area contributed by atoms with E-state index in [1.807, 2.05) is 22.4 Å². The van der Waals surface area contributed by atoms with Crippen LogP contribution in [0.25, 0.3) is 0 Å². The number of carbonyl (C=O) groups is 1. The highest BCUT2D eigenvalue weighted by Crippen LogP contribution is 2.29. The summed E-state index contributed by atoms with van der Waals surface area (Å²) in [7, 11) is 0. The van der Waals surface area contributed by atoms with Crippen LogP contribution in [0.4, 0.5) is 0 Å². The van der Waals surface area contributed by atoms with E-state index in [1.165, 1.54) is 15.6 Å². The van der Waals surface area contributed by atoms with E-state index < -0.39 is 0 Å². The number of aromatic nitrogens is 2. The standard InChI is InChI=1S/C14H15N3O2S/c18-13(10-16-7-2-6-15-14(16)19)17(11-4-5-11)9-12-3-1-8-20-12/h1-3,6-8,11H,4-5,9-10H2. The number of rotatable bonds is 5. The lowest BCUT2D eigenvalue weighted by Gasteiger charge is -2.22. The molecular weight excluding hydrogens is 274 g/mol. The maximum absolute atomic E-state index is 12.4. The van der Waals surface area contributed by atoms with E-state index in [-0.39, 0.29) is 18.1 Å². The van der Waals surface area contributed by atoms with E-state index in [2.05, 4.69) is 4.98 Å². The number of nitrogens with zero attached hydrogens (tertiary/aromatic N) is 3. The minimum Gasteiger partial charge on any atom is -0.333 e. The molecule has 1 aliphatic carbocycles. The van der Waals surface area contributed by atoms with Gasteiger partial charge in [-0.3, -0.25) is 9.36 Å². The number of hydrogen-bond donors (Lipinski definition) is 0. The van der Waals surface area contributed by atoms with Crippen molar-refractivity contribution in [2.75, 3.05) is 0 Å². The summed E-state index contributed by atoms with van der Waals surface area (Å²) in [5.74, 6) is -0.0176. The quantitative estimate of drug-likeness (QED) is 0.838. The smallest absolute Gasteiger partial charge is 0.333 e. The molecule has 3 rings (SSSR count). The van der Waals surface area contributed by atoms with Crippen LogP contribution in [0, 0.1) is 0 Å². The van der Waals surface area contributed by atoms with Crippen LogP contribution in [0.15, 0.2) is 40.8 Å². The summed E-state index contributed by atoms with van der Waals surface area (Å²) in [4.78, 5) is 30.7. The summed E-state index contributed by atoms with van der Waals surface area (Å²) in [5, 5.41) is 2.01. The molecule has 5 nitrogen and oxygen atoms in total. The van der Waals surface area contributed by atoms with Gasteiger partial charge in [0, 0.05) is 23.3 Å². The first kappa shape index (κ1) is 13.1. The van der Waals surface area contributed by atoms with Gasteiger partial charge in [0.1, 0.15) is 6.54 Å². The SMILES string of the molecule is O=C(Cn1cccnc1=O)N(Cc1cccs1)C1CC1. The van der Waals surface area contributed by atoms with Gasteiger partial charge in [0.15, 0.2) is 0 Å². The Morgan fingerprint density at radius 3 is 2.95 bits per heavy atom. The Morgan fingerprint density at radius 2 is 2.30 bits per heavy atom. The molecule has 104 valence electrons. The van der Waals surface area contributed by atoms with Gasteiger partial charge in [-0.15, -0.1) is 11.3 Å². The summed E-state index contributed by atoms with van der Waals surface area (Å²) >= 11 is 1.65. The molecule has 0 spiro atoms. The Balaban J connectivity index is 1.73. The van der Waals surface area contributed by atoms with Crippen molar-refractivity contribution in [3.63, 3.8) is 0 Å². The average molecular weight is 289 g/mol. The zero-order valence-corrected chi connectivity index (χ0v) is 11.8. The topological polar surface area (TPSA) is 55.2 Å². The zero-order valence-electron chi connectivity index (χ0n) is 10.9. The summed E-state index contributed by atoms with van der Waals surface area (Å²) in [6.07, 6.45) is 5.15. The molecule has 2 aromatic heterocycles. The molecule has 0 aromatic carbocycles. The molecular formula is C14H15N3O2S. The van der Waals surface area contributed by atoms with Crippen molar-refractivity contribution < 1.29 is 4.79 Å². The molecule has 6 heteroatoms. The maximum Gasteiger partial charge on any atom is 0.347 e. The third kappa shape index (κ3) is 2.96. The molecule has 0 N–H and O–H groups in total. The highest BCUT2D eigenvalue weighted by molar-refractivity contribution is 7.09. The van der Waals surface area contributed by atoms with Gasteiger partial charge in [-0.25, -0.2) is 9.78 Å². The molecule has 20 heavy (non-hydrogen) atoms. The van der Waals surface area contributed by atoms with Crippen molar-refractivity contribution in [2.24, 2.45) is 0 Å². The number of amides is 1. The summed E-state index contributed by atoms with van der Waals surface area (Å²) in [6.45, 7) is 0.699. The van der Waals surface area contributed by atoms with Crippen LogP contribution >= 0.6 is 11.3 Å². The molecule has 1 aliphatic rings. The first-order valence-corrected chi connectivity index (χ1v) is 7.45. The maximum atomic E-state index is 12.4. The highest BCUT2D eigenvalue weighted by atomic mass is 32.1. The van der Waals surface area contributed by atoms with Crippen LogP contribution in [0.5, 0.6) is 0 Å². The average Bonchev–Trinajstić information content (AvgIpc) is 3.15. The first-order chi connectivity index (χ1) is 9.74. The van der Waals surface area contributed by atoms with Gasteiger partial charge < -0.3 is 4.90 Å². The normalized spacial score (nSPS) is 14.2. The highest BCUT2D eigenvalue weighted by Gasteiger charge is 2.32. The monoisotopic (exact) mass is 289 g/mol. The van der Waals surface area contributed by atoms with Gasteiger partial charge >= 0.3 is 5.69 Å². The minimum absolute atomic E-state index is 0.0176. The predicted octanol–water partition coefficient (Wildman–Crippen LogP) is 1.50. The summed E-state index contributed by atoms with van der Waals surface area (Å²) in [6, 6.07) is 6.01. The lowest BCUT2D eigenvalue weighted by atomic mass is 10.3. The molecule has 1 saturated carbocycles. The van der Waals surface area contributed by atoms with E-state index in [0.717, 1.165) is 12.8 Å². The van der Waals surface area contributed by atoms with Crippen molar-refractivity contribution in [2.45, 2.75) is 32.0 Å². The van der Waals surface area contributed by atoms with E-state index >= 15 is 0 Å². The third-order valence-corrected chi connectivity index (χ3v) is 4.16. The predicted molar refractivity (Wildman–Crippen MR) is 76.4 cm³/mol. The van der Waals surface area contributed by atoms with Crippen LogP contribution < -0.4 is 5.69 Å². The van der Waals surface area contributed by atoms with Crippen molar-refractivity contribution in [3.05, 3.63) is 51.3 Å². The Hall–Kier alpha value is -1.95. The lowest BCUT2D eigenvalue weighted by molar-refractivity contribution is -0.133. The molecule has 0 atom stereocenters. The van der Waals surface area contributed by atoms with Crippen molar-refractivity contribution in [1.82, 2.24) is 14.5 Å². The molecule has 1 amide bonds. The fourth-order valence-electron chi connectivity index (χ4n) is 2.12. The fourth-order valence-corrected chi connectivity index (χ4v) is 2.82. The van der Waals surface area contributed by atoms with Crippen LogP contribution in [0.3, 0.4) is 0 Å². The molecule has 0 bridgehead atoms. The largest absolute Gasteiger partial charge is 0.347 e. The Labute approximate surface area is 120 Å². The Kier molecular flexibility index (Phi) is 3.64. The van der Waals surface area contributed by atoms with Crippen molar-refractivity contribution >= 4 is 17.2 Å². The second-order valence-corrected chi connectivity index (χ2v) is 5.89. The fraction of sp³-hybridized carbons (Fsp3) is 0.357. The van der Waals surface area contributed by atoms with Gasteiger partial charge in [0.25, 0.3) is 0 Å². The van der Waals surface area contributed by atoms with Gasteiger partial charge in [0.05, 0.1) is 6.54 Å². The molecule has 2 aromatic rings. The second-order valence-electron chi connectivity index (χ2n) is 4.86. The van der Waals surface area contributed by atoms with Crippen LogP contribution in [-0.4, -0.2) is 26.4 Å². The molecule has 0 saturated heterocycles. The van der Waals surface area contributed by atoms with Crippen molar-refractivity contribution in [1.29, 1.82) is 0 Å². The molecule has 2 heterocycles. The van der Waals surface area contributed by atoms with E-state index in [1.54, 1.807) is 23.6 Å². The Morgan fingerprint density at radius 1 is 1.45 bits per heavy atom. The second kappa shape index (κ2) is 5.58. The zero-order chi connectivity index (χ0) is 13.9. The molecule has 1 fully saturated rings. The van der Waals surface area contributed by atoms with Crippen LogP contribution in [-0.2, 0) is 17.9 Å². The van der Waals surface area contributed by atoms with Gasteiger partial charge in [-0.1, -0.05) is 6.07 Å². The van der Waals surface area contributed by atoms with Gasteiger partial charge in [-0.2, -0.15) is 0 Å². The number of carbonyl (C=O) groups excluding carboxylic acids is 1.